The van der Waals surface area contributed by atoms with Crippen molar-refractivity contribution < 1.29 is 19.1 Å². The van der Waals surface area contributed by atoms with Gasteiger partial charge in [0.05, 0.1) is 19.4 Å². The lowest BCUT2D eigenvalue weighted by molar-refractivity contribution is -0.161. The van der Waals surface area contributed by atoms with E-state index in [1.807, 2.05) is 0 Å². The highest BCUT2D eigenvalue weighted by Gasteiger charge is 2.30. The van der Waals surface area contributed by atoms with E-state index in [4.69, 9.17) is 10.3 Å². The predicted octanol–water partition coefficient (Wildman–Crippen LogP) is 2.21. The van der Waals surface area contributed by atoms with Crippen LogP contribution in [0.4, 0.5) is 0 Å². The minimum absolute atomic E-state index is 0.176. The molecule has 0 fully saturated rings. The van der Waals surface area contributed by atoms with Crippen LogP contribution in [0.15, 0.2) is 5.11 Å². The van der Waals surface area contributed by atoms with Gasteiger partial charge in [0.25, 0.3) is 0 Å². The van der Waals surface area contributed by atoms with Gasteiger partial charge in [-0.15, -0.1) is 0 Å². The maximum atomic E-state index is 11.6. The Morgan fingerprint density at radius 1 is 1.39 bits per heavy atom. The zero-order chi connectivity index (χ0) is 14.3. The molecule has 0 aliphatic heterocycles. The van der Waals surface area contributed by atoms with Gasteiger partial charge in [-0.05, 0) is 26.3 Å². The van der Waals surface area contributed by atoms with Crippen LogP contribution in [0.3, 0.4) is 0 Å². The first-order valence-corrected chi connectivity index (χ1v) is 5.55. The number of carbonyl (C=O) groups excluding carboxylic acids is 2. The first-order valence-electron chi connectivity index (χ1n) is 5.55. The van der Waals surface area contributed by atoms with Gasteiger partial charge in [0.2, 0.25) is 0 Å². The minimum Gasteiger partial charge on any atom is -0.469 e. The normalized spacial score (nSPS) is 14.1. The molecule has 0 saturated carbocycles. The molecule has 0 aromatic carbocycles. The summed E-state index contributed by atoms with van der Waals surface area (Å²) >= 11 is 0. The van der Waals surface area contributed by atoms with E-state index in [9.17, 15) is 9.59 Å². The summed E-state index contributed by atoms with van der Waals surface area (Å²) in [5, 5.41) is 3.42. The molecule has 18 heavy (non-hydrogen) atoms. The Labute approximate surface area is 106 Å². The molecule has 2 atom stereocenters. The van der Waals surface area contributed by atoms with Crippen molar-refractivity contribution in [3.8, 4) is 0 Å². The van der Waals surface area contributed by atoms with Crippen LogP contribution < -0.4 is 0 Å². The summed E-state index contributed by atoms with van der Waals surface area (Å²) in [6.45, 7) is 6.74. The molecule has 0 spiro atoms. The Kier molecular flexibility index (Phi) is 6.19. The second-order valence-corrected chi connectivity index (χ2v) is 4.87. The van der Waals surface area contributed by atoms with Gasteiger partial charge in [0.1, 0.15) is 5.60 Å². The van der Waals surface area contributed by atoms with Crippen molar-refractivity contribution >= 4 is 11.9 Å². The zero-order valence-corrected chi connectivity index (χ0v) is 11.3. The highest BCUT2D eigenvalue weighted by molar-refractivity contribution is 5.80. The standard InChI is InChI=1S/C11H19N3O4/c1-7(13-14-12)8(10(16)17-5)6-9(15)18-11(2,3)4/h7-8H,6H2,1-5H3/t7-,8+/m1/s1. The zero-order valence-electron chi connectivity index (χ0n) is 11.3. The average Bonchev–Trinajstić information content (AvgIpc) is 2.22. The van der Waals surface area contributed by atoms with Crippen molar-refractivity contribution in [3.05, 3.63) is 10.4 Å². The molecule has 0 amide bonds. The number of carbonyl (C=O) groups is 2. The van der Waals surface area contributed by atoms with Crippen LogP contribution >= 0.6 is 0 Å². The van der Waals surface area contributed by atoms with Crippen LogP contribution in [0.25, 0.3) is 10.4 Å². The van der Waals surface area contributed by atoms with Gasteiger partial charge in [0.15, 0.2) is 0 Å². The fraction of sp³-hybridized carbons (Fsp3) is 0.818. The van der Waals surface area contributed by atoms with E-state index in [1.54, 1.807) is 27.7 Å². The third-order valence-corrected chi connectivity index (χ3v) is 2.13. The molecule has 0 saturated heterocycles. The smallest absolute Gasteiger partial charge is 0.309 e. The molecule has 0 aliphatic carbocycles. The van der Waals surface area contributed by atoms with Gasteiger partial charge in [0, 0.05) is 11.0 Å². The first kappa shape index (κ1) is 16.2. The maximum Gasteiger partial charge on any atom is 0.309 e. The van der Waals surface area contributed by atoms with E-state index in [0.717, 1.165) is 0 Å². The molecule has 0 aliphatic rings. The van der Waals surface area contributed by atoms with Crippen molar-refractivity contribution in [1.82, 2.24) is 0 Å². The van der Waals surface area contributed by atoms with E-state index >= 15 is 0 Å². The third kappa shape index (κ3) is 6.10. The van der Waals surface area contributed by atoms with Crippen molar-refractivity contribution in [1.29, 1.82) is 0 Å². The summed E-state index contributed by atoms with van der Waals surface area (Å²) in [6, 6.07) is -0.671. The average molecular weight is 257 g/mol. The van der Waals surface area contributed by atoms with E-state index in [-0.39, 0.29) is 6.42 Å². The van der Waals surface area contributed by atoms with Gasteiger partial charge in [-0.25, -0.2) is 0 Å². The molecule has 7 nitrogen and oxygen atoms in total. The monoisotopic (exact) mass is 257 g/mol. The maximum absolute atomic E-state index is 11.6. The minimum atomic E-state index is -0.833. The van der Waals surface area contributed by atoms with E-state index in [1.165, 1.54) is 7.11 Å². The number of hydrogen-bond acceptors (Lipinski definition) is 5. The number of rotatable bonds is 5. The van der Waals surface area contributed by atoms with Crippen LogP contribution in [0.2, 0.25) is 0 Å². The molecule has 0 heterocycles. The summed E-state index contributed by atoms with van der Waals surface area (Å²) in [7, 11) is 1.22. The molecule has 0 aromatic rings. The second-order valence-electron chi connectivity index (χ2n) is 4.87. The summed E-state index contributed by atoms with van der Waals surface area (Å²) in [6.07, 6.45) is -0.176. The molecule has 0 aromatic heterocycles. The Hall–Kier alpha value is -1.75. The lowest BCUT2D eigenvalue weighted by Crippen LogP contribution is -2.32. The SMILES string of the molecule is COC(=O)[C@@H](CC(=O)OC(C)(C)C)[C@@H](C)N=[N+]=[N-]. The second kappa shape index (κ2) is 6.86. The Bertz CT molecular complexity index is 356. The summed E-state index contributed by atoms with van der Waals surface area (Å²) in [5.74, 6) is -1.96. The van der Waals surface area contributed by atoms with Gasteiger partial charge in [-0.3, -0.25) is 9.59 Å². The molecule has 0 bridgehead atoms. The highest BCUT2D eigenvalue weighted by Crippen LogP contribution is 2.18. The number of methoxy groups -OCH3 is 1. The van der Waals surface area contributed by atoms with Crippen molar-refractivity contribution in [3.63, 3.8) is 0 Å². The lowest BCUT2D eigenvalue weighted by Gasteiger charge is -2.22. The molecular weight excluding hydrogens is 238 g/mol. The molecular formula is C11H19N3O4. The fourth-order valence-corrected chi connectivity index (χ4v) is 1.33. The Morgan fingerprint density at radius 3 is 2.33 bits per heavy atom. The van der Waals surface area contributed by atoms with E-state index < -0.39 is 29.5 Å². The molecule has 0 radical (unpaired) electrons. The van der Waals surface area contributed by atoms with Gasteiger partial charge >= 0.3 is 11.9 Å². The Balaban J connectivity index is 4.75. The van der Waals surface area contributed by atoms with Crippen LogP contribution in [0.1, 0.15) is 34.1 Å². The number of nitrogens with zero attached hydrogens (tertiary/aromatic N) is 3. The Morgan fingerprint density at radius 2 is 1.94 bits per heavy atom. The number of ether oxygens (including phenoxy) is 2. The molecule has 102 valence electrons. The van der Waals surface area contributed by atoms with Crippen molar-refractivity contribution in [2.75, 3.05) is 7.11 Å². The van der Waals surface area contributed by atoms with Gasteiger partial charge in [-0.2, -0.15) is 0 Å². The van der Waals surface area contributed by atoms with Crippen molar-refractivity contribution in [2.45, 2.75) is 45.8 Å². The number of esters is 2. The number of hydrogen-bond donors (Lipinski definition) is 0. The number of azide groups is 1. The summed E-state index contributed by atoms with van der Waals surface area (Å²) in [4.78, 5) is 25.8. The van der Waals surface area contributed by atoms with Gasteiger partial charge in [-0.1, -0.05) is 12.0 Å². The summed E-state index contributed by atoms with van der Waals surface area (Å²) in [5.41, 5.74) is 7.73. The van der Waals surface area contributed by atoms with E-state index in [0.29, 0.717) is 0 Å². The third-order valence-electron chi connectivity index (χ3n) is 2.13. The molecule has 0 N–H and O–H groups in total. The molecule has 7 heteroatoms. The first-order chi connectivity index (χ1) is 8.21. The molecule has 0 rings (SSSR count). The van der Waals surface area contributed by atoms with Crippen LogP contribution in [0.5, 0.6) is 0 Å². The predicted molar refractivity (Wildman–Crippen MR) is 64.6 cm³/mol. The highest BCUT2D eigenvalue weighted by atomic mass is 16.6. The quantitative estimate of drug-likeness (QED) is 0.326. The van der Waals surface area contributed by atoms with Crippen LogP contribution in [-0.2, 0) is 19.1 Å². The lowest BCUT2D eigenvalue weighted by atomic mass is 9.98. The van der Waals surface area contributed by atoms with Gasteiger partial charge < -0.3 is 9.47 Å². The van der Waals surface area contributed by atoms with Crippen molar-refractivity contribution in [2.24, 2.45) is 11.0 Å². The molecule has 0 unspecified atom stereocenters. The summed E-state index contributed by atoms with van der Waals surface area (Å²) < 4.78 is 9.69. The topological polar surface area (TPSA) is 101 Å². The largest absolute Gasteiger partial charge is 0.469 e. The van der Waals surface area contributed by atoms with Crippen LogP contribution in [0, 0.1) is 5.92 Å². The fourth-order valence-electron chi connectivity index (χ4n) is 1.33. The van der Waals surface area contributed by atoms with E-state index in [2.05, 4.69) is 14.8 Å². The van der Waals surface area contributed by atoms with Crippen LogP contribution in [-0.4, -0.2) is 30.7 Å².